The minimum atomic E-state index is -0.0574. The topological polar surface area (TPSA) is 32.9 Å². The molecule has 3 rings (SSSR count). The third-order valence-corrected chi connectivity index (χ3v) is 3.41. The van der Waals surface area contributed by atoms with E-state index in [-0.39, 0.29) is 11.7 Å². The summed E-state index contributed by atoms with van der Waals surface area (Å²) in [6.45, 7) is 0. The van der Waals surface area contributed by atoms with Crippen LogP contribution in [-0.4, -0.2) is 16.6 Å². The largest absolute Gasteiger partial charge is 0.354 e. The molecule has 0 saturated carbocycles. The lowest BCUT2D eigenvalue weighted by atomic mass is 10.0. The molecular weight excluding hydrogens is 258 g/mol. The molecule has 0 radical (unpaired) electrons. The van der Waals surface area contributed by atoms with Gasteiger partial charge in [0.2, 0.25) is 0 Å². The predicted octanol–water partition coefficient (Wildman–Crippen LogP) is 4.26. The Bertz CT molecular complexity index is 731. The molecule has 3 heteroatoms. The fourth-order valence-corrected chi connectivity index (χ4v) is 2.45. The van der Waals surface area contributed by atoms with E-state index >= 15 is 0 Å². The average Bonchev–Trinajstić information content (AvgIpc) is 2.87. The second-order valence-electron chi connectivity index (χ2n) is 4.34. The second kappa shape index (κ2) is 4.90. The molecule has 0 aliphatic heterocycles. The van der Waals surface area contributed by atoms with Gasteiger partial charge in [-0.2, -0.15) is 0 Å². The van der Waals surface area contributed by atoms with Crippen LogP contribution < -0.4 is 0 Å². The Kier molecular flexibility index (Phi) is 3.10. The number of fused-ring (bicyclic) bond motifs is 1. The van der Waals surface area contributed by atoms with E-state index in [2.05, 4.69) is 4.98 Å². The number of hydrogen-bond acceptors (Lipinski definition) is 1. The molecule has 2 nitrogen and oxygen atoms in total. The van der Waals surface area contributed by atoms with Crippen molar-refractivity contribution in [2.24, 2.45) is 0 Å². The van der Waals surface area contributed by atoms with Gasteiger partial charge < -0.3 is 4.98 Å². The van der Waals surface area contributed by atoms with Crippen molar-refractivity contribution in [2.45, 2.75) is 0 Å². The van der Waals surface area contributed by atoms with E-state index in [0.717, 1.165) is 22.2 Å². The zero-order chi connectivity index (χ0) is 13.2. The van der Waals surface area contributed by atoms with Gasteiger partial charge in [-0.25, -0.2) is 0 Å². The van der Waals surface area contributed by atoms with E-state index < -0.39 is 0 Å². The van der Waals surface area contributed by atoms with Crippen molar-refractivity contribution in [3.05, 3.63) is 60.2 Å². The fraction of sp³-hybridized carbons (Fsp3) is 0.0625. The molecule has 2 aromatic carbocycles. The minimum absolute atomic E-state index is 0.0122. The first-order valence-corrected chi connectivity index (χ1v) is 6.60. The zero-order valence-corrected chi connectivity index (χ0v) is 10.9. The molecular formula is C16H12ClNO. The van der Waals surface area contributed by atoms with Gasteiger partial charge in [0.15, 0.2) is 5.78 Å². The van der Waals surface area contributed by atoms with Gasteiger partial charge in [0.05, 0.1) is 17.1 Å². The predicted molar refractivity (Wildman–Crippen MR) is 78.8 cm³/mol. The summed E-state index contributed by atoms with van der Waals surface area (Å²) >= 11 is 5.74. The summed E-state index contributed by atoms with van der Waals surface area (Å²) in [6, 6.07) is 17.6. The lowest BCUT2D eigenvalue weighted by Crippen LogP contribution is -2.01. The maximum Gasteiger partial charge on any atom is 0.180 e. The monoisotopic (exact) mass is 269 g/mol. The van der Waals surface area contributed by atoms with Crippen LogP contribution in [0.2, 0.25) is 0 Å². The van der Waals surface area contributed by atoms with E-state index in [4.69, 9.17) is 11.6 Å². The molecule has 0 fully saturated rings. The van der Waals surface area contributed by atoms with Gasteiger partial charge in [-0.05, 0) is 11.6 Å². The summed E-state index contributed by atoms with van der Waals surface area (Å²) in [5, 5.41) is 0.923. The van der Waals surface area contributed by atoms with E-state index in [9.17, 15) is 4.79 Å². The first-order chi connectivity index (χ1) is 9.31. The number of hydrogen-bond donors (Lipinski definition) is 1. The molecule has 1 heterocycles. The number of ketones is 1. The van der Waals surface area contributed by atoms with Gasteiger partial charge in [0.1, 0.15) is 0 Å². The summed E-state index contributed by atoms with van der Waals surface area (Å²) in [5.74, 6) is -0.0697. The van der Waals surface area contributed by atoms with Crippen LogP contribution in [0.15, 0.2) is 54.6 Å². The zero-order valence-electron chi connectivity index (χ0n) is 10.2. The number of H-pyrrole nitrogens is 1. The molecule has 0 aliphatic rings. The Hall–Kier alpha value is -2.06. The quantitative estimate of drug-likeness (QED) is 0.559. The van der Waals surface area contributed by atoms with Gasteiger partial charge in [-0.3, -0.25) is 4.79 Å². The third-order valence-electron chi connectivity index (χ3n) is 3.17. The maximum atomic E-state index is 12.1. The number of halogens is 1. The Labute approximate surface area is 116 Å². The van der Waals surface area contributed by atoms with Crippen LogP contribution in [0.3, 0.4) is 0 Å². The number of nitrogens with one attached hydrogen (secondary N) is 1. The van der Waals surface area contributed by atoms with Gasteiger partial charge in [-0.15, -0.1) is 11.6 Å². The lowest BCUT2D eigenvalue weighted by molar-refractivity contribution is 0.102. The highest BCUT2D eigenvalue weighted by Gasteiger charge is 2.18. The Morgan fingerprint density at radius 2 is 1.68 bits per heavy atom. The summed E-state index contributed by atoms with van der Waals surface area (Å²) < 4.78 is 0. The number of alkyl halides is 1. The summed E-state index contributed by atoms with van der Waals surface area (Å²) in [6.07, 6.45) is 0. The first-order valence-electron chi connectivity index (χ1n) is 6.06. The standard InChI is InChI=1S/C16H12ClNO/c17-10-14(19)15-12-8-4-5-9-13(12)18-16(15)11-6-2-1-3-7-11/h1-9,18H,10H2. The van der Waals surface area contributed by atoms with Crippen molar-refractivity contribution in [3.8, 4) is 11.3 Å². The number of benzene rings is 2. The molecule has 94 valence electrons. The fourth-order valence-electron chi connectivity index (χ4n) is 2.32. The van der Waals surface area contributed by atoms with Crippen LogP contribution in [0.25, 0.3) is 22.2 Å². The maximum absolute atomic E-state index is 12.1. The molecule has 0 amide bonds. The Morgan fingerprint density at radius 1 is 1.00 bits per heavy atom. The number of carbonyl (C=O) groups excluding carboxylic acids is 1. The van der Waals surface area contributed by atoms with E-state index in [1.807, 2.05) is 54.6 Å². The van der Waals surface area contributed by atoms with Gasteiger partial charge in [0.25, 0.3) is 0 Å². The van der Waals surface area contributed by atoms with Crippen molar-refractivity contribution in [1.29, 1.82) is 0 Å². The van der Waals surface area contributed by atoms with Gasteiger partial charge >= 0.3 is 0 Å². The summed E-state index contributed by atoms with van der Waals surface area (Å²) in [4.78, 5) is 15.4. The Balaban J connectivity index is 2.32. The SMILES string of the molecule is O=C(CCl)c1c(-c2ccccc2)[nH]c2ccccc12. The number of aromatic nitrogens is 1. The van der Waals surface area contributed by atoms with Gasteiger partial charge in [0, 0.05) is 10.9 Å². The molecule has 0 aliphatic carbocycles. The summed E-state index contributed by atoms with van der Waals surface area (Å²) in [5.41, 5.74) is 3.46. The molecule has 19 heavy (non-hydrogen) atoms. The van der Waals surface area contributed by atoms with E-state index in [1.165, 1.54) is 0 Å². The molecule has 0 saturated heterocycles. The average molecular weight is 270 g/mol. The van der Waals surface area contributed by atoms with E-state index in [0.29, 0.717) is 5.56 Å². The van der Waals surface area contributed by atoms with Crippen molar-refractivity contribution >= 4 is 28.3 Å². The van der Waals surface area contributed by atoms with Crippen molar-refractivity contribution in [1.82, 2.24) is 4.98 Å². The first kappa shape index (κ1) is 12.0. The highest BCUT2D eigenvalue weighted by molar-refractivity contribution is 6.33. The molecule has 0 atom stereocenters. The van der Waals surface area contributed by atoms with Crippen molar-refractivity contribution in [2.75, 3.05) is 5.88 Å². The second-order valence-corrected chi connectivity index (χ2v) is 4.61. The lowest BCUT2D eigenvalue weighted by Gasteiger charge is -2.02. The van der Waals surface area contributed by atoms with E-state index in [1.54, 1.807) is 0 Å². The minimum Gasteiger partial charge on any atom is -0.354 e. The van der Waals surface area contributed by atoms with Crippen molar-refractivity contribution < 1.29 is 4.79 Å². The smallest absolute Gasteiger partial charge is 0.180 e. The summed E-state index contributed by atoms with van der Waals surface area (Å²) in [7, 11) is 0. The normalized spacial score (nSPS) is 10.8. The molecule has 1 aromatic heterocycles. The van der Waals surface area contributed by atoms with Crippen LogP contribution >= 0.6 is 11.6 Å². The van der Waals surface area contributed by atoms with Crippen LogP contribution in [0.4, 0.5) is 0 Å². The molecule has 0 bridgehead atoms. The number of Topliss-reactive ketones (excluding diaryl/α,β-unsaturated/α-hetero) is 1. The number of carbonyl (C=O) groups is 1. The molecule has 1 N–H and O–H groups in total. The van der Waals surface area contributed by atoms with Crippen LogP contribution in [0.1, 0.15) is 10.4 Å². The number of aromatic amines is 1. The Morgan fingerprint density at radius 3 is 2.42 bits per heavy atom. The van der Waals surface area contributed by atoms with Crippen LogP contribution in [0.5, 0.6) is 0 Å². The third kappa shape index (κ3) is 2.04. The van der Waals surface area contributed by atoms with Gasteiger partial charge in [-0.1, -0.05) is 48.5 Å². The number of rotatable bonds is 3. The molecule has 3 aromatic rings. The van der Waals surface area contributed by atoms with Crippen LogP contribution in [-0.2, 0) is 0 Å². The molecule has 0 spiro atoms. The highest BCUT2D eigenvalue weighted by Crippen LogP contribution is 2.30. The van der Waals surface area contributed by atoms with Crippen molar-refractivity contribution in [3.63, 3.8) is 0 Å². The van der Waals surface area contributed by atoms with Crippen LogP contribution in [0, 0.1) is 0 Å². The molecule has 0 unspecified atom stereocenters. The number of para-hydroxylation sites is 1. The highest BCUT2D eigenvalue weighted by atomic mass is 35.5.